The Morgan fingerprint density at radius 1 is 0.958 bits per heavy atom. The summed E-state index contributed by atoms with van der Waals surface area (Å²) < 4.78 is 5.12. The Morgan fingerprint density at radius 3 is 2.00 bits per heavy atom. The van der Waals surface area contributed by atoms with E-state index in [9.17, 15) is 9.59 Å². The van der Waals surface area contributed by atoms with E-state index >= 15 is 0 Å². The molecule has 2 aromatic carbocycles. The first-order valence-corrected chi connectivity index (χ1v) is 8.35. The van der Waals surface area contributed by atoms with Gasteiger partial charge in [0.2, 0.25) is 11.8 Å². The van der Waals surface area contributed by atoms with Crippen molar-refractivity contribution in [3.63, 3.8) is 0 Å². The molecule has 0 aromatic heterocycles. The van der Waals surface area contributed by atoms with Crippen molar-refractivity contribution in [2.45, 2.75) is 24.0 Å². The third kappa shape index (κ3) is 5.31. The molecule has 0 aliphatic heterocycles. The van der Waals surface area contributed by atoms with Gasteiger partial charge in [0.25, 0.3) is 0 Å². The molecule has 0 radical (unpaired) electrons. The third-order valence-electron chi connectivity index (χ3n) is 3.21. The van der Waals surface area contributed by atoms with Gasteiger partial charge in [0.1, 0.15) is 5.75 Å². The highest BCUT2D eigenvalue weighted by Crippen LogP contribution is 2.26. The zero-order chi connectivity index (χ0) is 17.5. The standard InChI is InChI=1S/C18H20N2O3S/c1-12(24-17-10-8-16(23-3)9-11-17)18(22)20-15-6-4-14(5-7-15)19-13(2)21/h4-12H,1-3H3,(H,19,21)(H,20,22)/t12-/m1/s1. The number of nitrogens with one attached hydrogen (secondary N) is 2. The minimum atomic E-state index is -0.242. The lowest BCUT2D eigenvalue weighted by Gasteiger charge is -2.13. The molecule has 0 unspecified atom stereocenters. The van der Waals surface area contributed by atoms with Crippen LogP contribution in [0.2, 0.25) is 0 Å². The van der Waals surface area contributed by atoms with Gasteiger partial charge in [-0.25, -0.2) is 0 Å². The second kappa shape index (κ2) is 8.40. The molecule has 0 bridgehead atoms. The Labute approximate surface area is 145 Å². The number of rotatable bonds is 6. The van der Waals surface area contributed by atoms with Gasteiger partial charge in [0, 0.05) is 23.2 Å². The molecule has 0 aliphatic rings. The Hall–Kier alpha value is -2.47. The predicted molar refractivity (Wildman–Crippen MR) is 97.7 cm³/mol. The summed E-state index contributed by atoms with van der Waals surface area (Å²) in [6, 6.07) is 14.6. The molecule has 0 heterocycles. The van der Waals surface area contributed by atoms with Gasteiger partial charge in [-0.1, -0.05) is 0 Å². The van der Waals surface area contributed by atoms with Crippen LogP contribution in [0.3, 0.4) is 0 Å². The number of ether oxygens (including phenoxy) is 1. The maximum atomic E-state index is 12.3. The van der Waals surface area contributed by atoms with E-state index in [1.165, 1.54) is 18.7 Å². The zero-order valence-electron chi connectivity index (χ0n) is 13.8. The third-order valence-corrected chi connectivity index (χ3v) is 4.33. The molecule has 24 heavy (non-hydrogen) atoms. The molecule has 2 N–H and O–H groups in total. The number of amides is 2. The molecule has 0 saturated carbocycles. The van der Waals surface area contributed by atoms with E-state index in [1.54, 1.807) is 31.4 Å². The van der Waals surface area contributed by atoms with Crippen LogP contribution in [-0.4, -0.2) is 24.2 Å². The predicted octanol–water partition coefficient (Wildman–Crippen LogP) is 3.77. The highest BCUT2D eigenvalue weighted by molar-refractivity contribution is 8.00. The van der Waals surface area contributed by atoms with E-state index in [1.807, 2.05) is 31.2 Å². The van der Waals surface area contributed by atoms with Crippen molar-refractivity contribution in [2.75, 3.05) is 17.7 Å². The van der Waals surface area contributed by atoms with E-state index in [0.717, 1.165) is 10.6 Å². The minimum absolute atomic E-state index is 0.0805. The Bertz CT molecular complexity index is 699. The number of methoxy groups -OCH3 is 1. The van der Waals surface area contributed by atoms with Crippen LogP contribution in [0.5, 0.6) is 5.75 Å². The average Bonchev–Trinajstić information content (AvgIpc) is 2.56. The van der Waals surface area contributed by atoms with Crippen LogP contribution in [0.15, 0.2) is 53.4 Å². The summed E-state index contributed by atoms with van der Waals surface area (Å²) in [5.74, 6) is 0.579. The first-order chi connectivity index (χ1) is 11.5. The molecule has 1 atom stereocenters. The van der Waals surface area contributed by atoms with Crippen molar-refractivity contribution >= 4 is 35.0 Å². The molecule has 2 rings (SSSR count). The number of hydrogen-bond acceptors (Lipinski definition) is 4. The van der Waals surface area contributed by atoms with E-state index in [0.29, 0.717) is 11.4 Å². The molecule has 5 nitrogen and oxygen atoms in total. The first-order valence-electron chi connectivity index (χ1n) is 7.47. The summed E-state index contributed by atoms with van der Waals surface area (Å²) in [4.78, 5) is 24.3. The SMILES string of the molecule is COc1ccc(S[C@H](C)C(=O)Nc2ccc(NC(C)=O)cc2)cc1. The largest absolute Gasteiger partial charge is 0.497 e. The van der Waals surface area contributed by atoms with Gasteiger partial charge in [-0.05, 0) is 55.5 Å². The van der Waals surface area contributed by atoms with Crippen molar-refractivity contribution in [3.05, 3.63) is 48.5 Å². The highest BCUT2D eigenvalue weighted by Gasteiger charge is 2.14. The lowest BCUT2D eigenvalue weighted by molar-refractivity contribution is -0.115. The monoisotopic (exact) mass is 344 g/mol. The summed E-state index contributed by atoms with van der Waals surface area (Å²) in [7, 11) is 1.62. The first kappa shape index (κ1) is 17.9. The van der Waals surface area contributed by atoms with Crippen molar-refractivity contribution in [1.82, 2.24) is 0 Å². The summed E-state index contributed by atoms with van der Waals surface area (Å²) in [6.45, 7) is 3.31. The summed E-state index contributed by atoms with van der Waals surface area (Å²) in [5.41, 5.74) is 1.39. The van der Waals surface area contributed by atoms with Crippen LogP contribution in [-0.2, 0) is 9.59 Å². The normalized spacial score (nSPS) is 11.5. The molecular weight excluding hydrogens is 324 g/mol. The van der Waals surface area contributed by atoms with Gasteiger partial charge >= 0.3 is 0 Å². The molecule has 6 heteroatoms. The van der Waals surface area contributed by atoms with E-state index in [4.69, 9.17) is 4.74 Å². The Balaban J connectivity index is 1.91. The molecule has 126 valence electrons. The maximum absolute atomic E-state index is 12.3. The molecule has 0 saturated heterocycles. The zero-order valence-corrected chi connectivity index (χ0v) is 14.6. The molecule has 0 spiro atoms. The maximum Gasteiger partial charge on any atom is 0.237 e. The van der Waals surface area contributed by atoms with Gasteiger partial charge in [0.05, 0.1) is 12.4 Å². The van der Waals surface area contributed by atoms with Crippen molar-refractivity contribution < 1.29 is 14.3 Å². The lowest BCUT2D eigenvalue weighted by Crippen LogP contribution is -2.22. The fraction of sp³-hybridized carbons (Fsp3) is 0.222. The molecule has 0 aliphatic carbocycles. The second-order valence-electron chi connectivity index (χ2n) is 5.18. The quantitative estimate of drug-likeness (QED) is 0.783. The van der Waals surface area contributed by atoms with Gasteiger partial charge in [-0.3, -0.25) is 9.59 Å². The fourth-order valence-electron chi connectivity index (χ4n) is 2.00. The number of anilines is 2. The number of carbonyl (C=O) groups is 2. The molecular formula is C18H20N2O3S. The van der Waals surface area contributed by atoms with E-state index < -0.39 is 0 Å². The number of carbonyl (C=O) groups excluding carboxylic acids is 2. The van der Waals surface area contributed by atoms with Crippen LogP contribution in [0.1, 0.15) is 13.8 Å². The summed E-state index contributed by atoms with van der Waals surface area (Å²) in [6.07, 6.45) is 0. The van der Waals surface area contributed by atoms with Gasteiger partial charge in [-0.2, -0.15) is 0 Å². The lowest BCUT2D eigenvalue weighted by atomic mass is 10.2. The van der Waals surface area contributed by atoms with Crippen molar-refractivity contribution in [2.24, 2.45) is 0 Å². The fourth-order valence-corrected chi connectivity index (χ4v) is 2.86. The Kier molecular flexibility index (Phi) is 6.26. The molecule has 2 amide bonds. The van der Waals surface area contributed by atoms with Gasteiger partial charge in [-0.15, -0.1) is 11.8 Å². The van der Waals surface area contributed by atoms with Crippen LogP contribution in [0, 0.1) is 0 Å². The smallest absolute Gasteiger partial charge is 0.237 e. The van der Waals surface area contributed by atoms with Crippen LogP contribution < -0.4 is 15.4 Å². The number of hydrogen-bond donors (Lipinski definition) is 2. The Morgan fingerprint density at radius 2 is 1.50 bits per heavy atom. The van der Waals surface area contributed by atoms with Crippen molar-refractivity contribution in [3.8, 4) is 5.75 Å². The summed E-state index contributed by atoms with van der Waals surface area (Å²) in [5, 5.41) is 5.31. The van der Waals surface area contributed by atoms with E-state index in [2.05, 4.69) is 10.6 Å². The van der Waals surface area contributed by atoms with Crippen LogP contribution in [0.4, 0.5) is 11.4 Å². The van der Waals surface area contributed by atoms with Crippen molar-refractivity contribution in [1.29, 1.82) is 0 Å². The summed E-state index contributed by atoms with van der Waals surface area (Å²) >= 11 is 1.48. The van der Waals surface area contributed by atoms with Gasteiger partial charge in [0.15, 0.2) is 0 Å². The van der Waals surface area contributed by atoms with Crippen LogP contribution >= 0.6 is 11.8 Å². The molecule has 2 aromatic rings. The van der Waals surface area contributed by atoms with Crippen LogP contribution in [0.25, 0.3) is 0 Å². The number of benzene rings is 2. The average molecular weight is 344 g/mol. The van der Waals surface area contributed by atoms with E-state index in [-0.39, 0.29) is 17.1 Å². The topological polar surface area (TPSA) is 67.4 Å². The second-order valence-corrected chi connectivity index (χ2v) is 6.60. The molecule has 0 fully saturated rings. The van der Waals surface area contributed by atoms with Gasteiger partial charge < -0.3 is 15.4 Å². The highest BCUT2D eigenvalue weighted by atomic mass is 32.2. The number of thioether (sulfide) groups is 1. The minimum Gasteiger partial charge on any atom is -0.497 e.